The van der Waals surface area contributed by atoms with E-state index in [1.807, 2.05) is 24.3 Å². The molecule has 0 spiro atoms. The lowest BCUT2D eigenvalue weighted by molar-refractivity contribution is -0.385. The Labute approximate surface area is 141 Å². The first-order valence-electron chi connectivity index (χ1n) is 6.97. The molecule has 1 heterocycles. The number of para-hydroxylation sites is 3. The van der Waals surface area contributed by atoms with E-state index in [9.17, 15) is 10.1 Å². The van der Waals surface area contributed by atoms with E-state index in [4.69, 9.17) is 4.74 Å². The topological polar surface area (TPSA) is 96.0 Å². The lowest BCUT2D eigenvalue weighted by Crippen LogP contribution is -2.02. The largest absolute Gasteiger partial charge is 0.494 e. The molecule has 0 fully saturated rings. The highest BCUT2D eigenvalue weighted by Crippen LogP contribution is 2.29. The van der Waals surface area contributed by atoms with Gasteiger partial charge in [-0.1, -0.05) is 42.1 Å². The van der Waals surface area contributed by atoms with E-state index in [1.54, 1.807) is 30.0 Å². The Morgan fingerprint density at radius 2 is 1.96 bits per heavy atom. The zero-order valence-electron chi connectivity index (χ0n) is 12.7. The van der Waals surface area contributed by atoms with Crippen molar-refractivity contribution in [2.75, 3.05) is 7.11 Å². The molecule has 0 bridgehead atoms. The van der Waals surface area contributed by atoms with Crippen LogP contribution in [0, 0.1) is 10.1 Å². The highest BCUT2D eigenvalue weighted by molar-refractivity contribution is 7.98. The highest BCUT2D eigenvalue weighted by Gasteiger charge is 2.16. The fourth-order valence-corrected chi connectivity index (χ4v) is 3.06. The summed E-state index contributed by atoms with van der Waals surface area (Å²) in [7, 11) is 1.57. The van der Waals surface area contributed by atoms with Crippen molar-refractivity contribution in [3.05, 3.63) is 64.2 Å². The summed E-state index contributed by atoms with van der Waals surface area (Å²) in [5, 5.41) is 23.3. The van der Waals surface area contributed by atoms with Gasteiger partial charge in [0.1, 0.15) is 11.4 Å². The van der Waals surface area contributed by atoms with Crippen molar-refractivity contribution < 1.29 is 9.66 Å². The van der Waals surface area contributed by atoms with E-state index in [0.29, 0.717) is 27.9 Å². The minimum Gasteiger partial charge on any atom is -0.494 e. The Kier molecular flexibility index (Phi) is 4.71. The normalized spacial score (nSPS) is 10.5. The van der Waals surface area contributed by atoms with Gasteiger partial charge in [-0.2, -0.15) is 4.68 Å². The van der Waals surface area contributed by atoms with Gasteiger partial charge in [-0.25, -0.2) is 0 Å². The van der Waals surface area contributed by atoms with Gasteiger partial charge in [0.15, 0.2) is 0 Å². The predicted molar refractivity (Wildman–Crippen MR) is 88.4 cm³/mol. The molecule has 0 atom stereocenters. The summed E-state index contributed by atoms with van der Waals surface area (Å²) < 4.78 is 6.88. The Hall–Kier alpha value is -2.94. The van der Waals surface area contributed by atoms with Gasteiger partial charge in [0, 0.05) is 17.4 Å². The van der Waals surface area contributed by atoms with E-state index < -0.39 is 0 Å². The Morgan fingerprint density at radius 3 is 2.75 bits per heavy atom. The Balaban J connectivity index is 1.86. The molecule has 0 unspecified atom stereocenters. The van der Waals surface area contributed by atoms with Gasteiger partial charge in [-0.05, 0) is 22.6 Å². The predicted octanol–water partition coefficient (Wildman–Crippen LogP) is 2.87. The highest BCUT2D eigenvalue weighted by atomic mass is 32.2. The molecular formula is C15H13N5O3S. The lowest BCUT2D eigenvalue weighted by Gasteiger charge is -2.09. The first kappa shape index (κ1) is 15.9. The molecule has 3 aromatic rings. The fraction of sp³-hybridized carbons (Fsp3) is 0.133. The number of rotatable bonds is 6. The molecule has 0 amide bonds. The number of ether oxygens (including phenoxy) is 1. The molecule has 0 N–H and O–H groups in total. The molecule has 0 saturated heterocycles. The van der Waals surface area contributed by atoms with Crippen LogP contribution >= 0.6 is 11.8 Å². The van der Waals surface area contributed by atoms with E-state index in [1.165, 1.54) is 17.8 Å². The molecule has 0 aliphatic carbocycles. The molecule has 8 nitrogen and oxygen atoms in total. The lowest BCUT2D eigenvalue weighted by atomic mass is 10.2. The quantitative estimate of drug-likeness (QED) is 0.386. The van der Waals surface area contributed by atoms with Gasteiger partial charge in [0.25, 0.3) is 5.69 Å². The maximum absolute atomic E-state index is 11.1. The van der Waals surface area contributed by atoms with Gasteiger partial charge in [-0.3, -0.25) is 10.1 Å². The van der Waals surface area contributed by atoms with Crippen LogP contribution in [-0.4, -0.2) is 32.2 Å². The first-order valence-corrected chi connectivity index (χ1v) is 7.96. The second-order valence-electron chi connectivity index (χ2n) is 4.72. The average Bonchev–Trinajstić information content (AvgIpc) is 3.08. The third-order valence-corrected chi connectivity index (χ3v) is 4.27. The van der Waals surface area contributed by atoms with Gasteiger partial charge >= 0.3 is 0 Å². The number of aromatic nitrogens is 4. The molecular weight excluding hydrogens is 330 g/mol. The molecule has 3 rings (SSSR count). The zero-order chi connectivity index (χ0) is 16.9. The molecule has 0 aliphatic heterocycles. The summed E-state index contributed by atoms with van der Waals surface area (Å²) in [5.41, 5.74) is 1.40. The Morgan fingerprint density at radius 1 is 1.21 bits per heavy atom. The Bertz CT molecular complexity index is 868. The number of nitro groups is 1. The second kappa shape index (κ2) is 7.09. The maximum Gasteiger partial charge on any atom is 0.273 e. The van der Waals surface area contributed by atoms with Gasteiger partial charge < -0.3 is 4.74 Å². The number of nitro benzene ring substituents is 1. The molecule has 24 heavy (non-hydrogen) atoms. The van der Waals surface area contributed by atoms with Crippen LogP contribution in [0.25, 0.3) is 5.69 Å². The van der Waals surface area contributed by atoms with Gasteiger partial charge in [0.05, 0.1) is 12.0 Å². The molecule has 0 radical (unpaired) electrons. The summed E-state index contributed by atoms with van der Waals surface area (Å²) in [5.74, 6) is 1.02. The van der Waals surface area contributed by atoms with Crippen LogP contribution in [0.2, 0.25) is 0 Å². The maximum atomic E-state index is 11.1. The van der Waals surface area contributed by atoms with E-state index in [2.05, 4.69) is 15.5 Å². The summed E-state index contributed by atoms with van der Waals surface area (Å²) in [4.78, 5) is 10.7. The molecule has 9 heteroatoms. The van der Waals surface area contributed by atoms with Crippen LogP contribution in [0.3, 0.4) is 0 Å². The number of benzene rings is 2. The van der Waals surface area contributed by atoms with Gasteiger partial charge in [0.2, 0.25) is 5.16 Å². The molecule has 122 valence electrons. The SMILES string of the molecule is COc1ccccc1-n1nnnc1SCc1ccccc1[N+](=O)[O-]. The minimum atomic E-state index is -0.390. The van der Waals surface area contributed by atoms with Crippen LogP contribution in [0.4, 0.5) is 5.69 Å². The minimum absolute atomic E-state index is 0.0846. The monoisotopic (exact) mass is 343 g/mol. The van der Waals surface area contributed by atoms with Crippen LogP contribution in [0.15, 0.2) is 53.7 Å². The van der Waals surface area contributed by atoms with Crippen molar-refractivity contribution in [3.63, 3.8) is 0 Å². The standard InChI is InChI=1S/C15H13N5O3S/c1-23-14-9-5-4-8-13(14)19-15(16-17-18-19)24-10-11-6-2-3-7-12(11)20(21)22/h2-9H,10H2,1H3. The van der Waals surface area contributed by atoms with E-state index >= 15 is 0 Å². The molecule has 2 aromatic carbocycles. The second-order valence-corrected chi connectivity index (χ2v) is 5.66. The number of thioether (sulfide) groups is 1. The molecule has 1 aromatic heterocycles. The summed E-state index contributed by atoms with van der Waals surface area (Å²) in [6.45, 7) is 0. The van der Waals surface area contributed by atoms with Crippen molar-refractivity contribution in [2.45, 2.75) is 10.9 Å². The molecule has 0 aliphatic rings. The smallest absolute Gasteiger partial charge is 0.273 e. The van der Waals surface area contributed by atoms with Crippen molar-refractivity contribution in [3.8, 4) is 11.4 Å². The van der Waals surface area contributed by atoms with Crippen LogP contribution in [0.5, 0.6) is 5.75 Å². The summed E-state index contributed by atoms with van der Waals surface area (Å²) in [6.07, 6.45) is 0. The first-order chi connectivity index (χ1) is 11.7. The molecule has 0 saturated carbocycles. The fourth-order valence-electron chi connectivity index (χ4n) is 2.18. The number of tetrazole rings is 1. The number of nitrogens with zero attached hydrogens (tertiary/aromatic N) is 5. The number of hydrogen-bond donors (Lipinski definition) is 0. The average molecular weight is 343 g/mol. The third-order valence-electron chi connectivity index (χ3n) is 3.30. The van der Waals surface area contributed by atoms with Crippen molar-refractivity contribution in [1.82, 2.24) is 20.2 Å². The van der Waals surface area contributed by atoms with Crippen LogP contribution < -0.4 is 4.74 Å². The summed E-state index contributed by atoms with van der Waals surface area (Å²) in [6, 6.07) is 14.0. The van der Waals surface area contributed by atoms with Crippen molar-refractivity contribution in [1.29, 1.82) is 0 Å². The van der Waals surface area contributed by atoms with Crippen LogP contribution in [0.1, 0.15) is 5.56 Å². The van der Waals surface area contributed by atoms with E-state index in [0.717, 1.165) is 0 Å². The number of hydrogen-bond acceptors (Lipinski definition) is 7. The summed E-state index contributed by atoms with van der Waals surface area (Å²) >= 11 is 1.32. The number of methoxy groups -OCH3 is 1. The zero-order valence-corrected chi connectivity index (χ0v) is 13.5. The van der Waals surface area contributed by atoms with E-state index in [-0.39, 0.29) is 10.6 Å². The van der Waals surface area contributed by atoms with Crippen molar-refractivity contribution >= 4 is 17.4 Å². The van der Waals surface area contributed by atoms with Crippen molar-refractivity contribution in [2.24, 2.45) is 0 Å². The van der Waals surface area contributed by atoms with Gasteiger partial charge in [-0.15, -0.1) is 5.10 Å². The third kappa shape index (κ3) is 3.20. The van der Waals surface area contributed by atoms with Crippen LogP contribution in [-0.2, 0) is 5.75 Å².